The molecule has 0 saturated heterocycles. The first-order valence-electron chi connectivity index (χ1n) is 35.6. The lowest BCUT2D eigenvalue weighted by Gasteiger charge is -2.21. The van der Waals surface area contributed by atoms with Crippen LogP contribution < -0.4 is 0 Å². The van der Waals surface area contributed by atoms with Gasteiger partial charge in [-0.2, -0.15) is 0 Å². The van der Waals surface area contributed by atoms with E-state index in [0.29, 0.717) is 31.6 Å². The third-order valence-corrected chi connectivity index (χ3v) is 17.7. The Bertz CT molecular complexity index is 1690. The minimum Gasteiger partial charge on any atom is -0.462 e. The molecule has 0 aliphatic carbocycles. The van der Waals surface area contributed by atoms with Gasteiger partial charge in [-0.05, 0) is 31.6 Å². The number of ether oxygens (including phenoxy) is 4. The van der Waals surface area contributed by atoms with Crippen LogP contribution in [-0.2, 0) is 65.4 Å². The second kappa shape index (κ2) is 61.6. The molecule has 0 fully saturated rings. The molecule has 3 N–H and O–H groups in total. The highest BCUT2D eigenvalue weighted by atomic mass is 31.2. The molecule has 0 saturated carbocycles. The summed E-state index contributed by atoms with van der Waals surface area (Å²) in [7, 11) is -9.88. The van der Waals surface area contributed by atoms with Gasteiger partial charge < -0.3 is 33.8 Å². The van der Waals surface area contributed by atoms with E-state index < -0.39 is 97.5 Å². The SMILES string of the molecule is CCCCCCCCCCCCCCCCCCCC(=O)O[C@H](COC(=O)CCCCCCCCCCCCCCCCCC)COP(=O)(O)OC[C@@H](O)COP(=O)(O)OC[C@@H](COC(=O)CCCCCCC)OC(=O)CCCCCCCCC(C)C. The number of hydrogen-bond acceptors (Lipinski definition) is 15. The van der Waals surface area contributed by atoms with E-state index in [4.69, 9.17) is 37.0 Å². The summed E-state index contributed by atoms with van der Waals surface area (Å²) in [5, 5.41) is 10.5. The van der Waals surface area contributed by atoms with Crippen LogP contribution in [-0.4, -0.2) is 96.7 Å². The number of aliphatic hydroxyl groups excluding tert-OH is 1. The molecular weight excluding hydrogens is 1150 g/mol. The van der Waals surface area contributed by atoms with Crippen LogP contribution in [0.4, 0.5) is 0 Å². The average molecular weight is 1280 g/mol. The highest BCUT2D eigenvalue weighted by molar-refractivity contribution is 7.47. The van der Waals surface area contributed by atoms with E-state index in [9.17, 15) is 43.2 Å². The second-order valence-electron chi connectivity index (χ2n) is 25.0. The van der Waals surface area contributed by atoms with Crippen LogP contribution in [0.1, 0.15) is 349 Å². The fourth-order valence-corrected chi connectivity index (χ4v) is 11.9. The van der Waals surface area contributed by atoms with Crippen molar-refractivity contribution in [3.8, 4) is 0 Å². The Kier molecular flexibility index (Phi) is 60.2. The summed E-state index contributed by atoms with van der Waals surface area (Å²) >= 11 is 0. The summed E-state index contributed by atoms with van der Waals surface area (Å²) in [6.45, 7) is 7.05. The molecule has 516 valence electrons. The molecule has 87 heavy (non-hydrogen) atoms. The molecule has 0 rings (SSSR count). The Morgan fingerprint density at radius 1 is 0.310 bits per heavy atom. The minimum atomic E-state index is -4.95. The van der Waals surface area contributed by atoms with Crippen molar-refractivity contribution in [3.05, 3.63) is 0 Å². The Hall–Kier alpha value is -1.94. The summed E-state index contributed by atoms with van der Waals surface area (Å²) in [5.41, 5.74) is 0. The number of esters is 4. The zero-order valence-corrected chi connectivity index (χ0v) is 57.9. The zero-order valence-electron chi connectivity index (χ0n) is 56.2. The average Bonchev–Trinajstić information content (AvgIpc) is 3.71. The number of hydrogen-bond donors (Lipinski definition) is 3. The molecule has 0 spiro atoms. The smallest absolute Gasteiger partial charge is 0.462 e. The normalized spacial score (nSPS) is 14.1. The van der Waals surface area contributed by atoms with Crippen LogP contribution in [0.25, 0.3) is 0 Å². The highest BCUT2D eigenvalue weighted by Crippen LogP contribution is 2.45. The van der Waals surface area contributed by atoms with Crippen LogP contribution in [0.2, 0.25) is 0 Å². The van der Waals surface area contributed by atoms with Crippen molar-refractivity contribution >= 4 is 39.5 Å². The number of carbonyl (C=O) groups excluding carboxylic acids is 4. The molecule has 0 bridgehead atoms. The number of carbonyl (C=O) groups is 4. The van der Waals surface area contributed by atoms with Crippen LogP contribution in [0.5, 0.6) is 0 Å². The fourth-order valence-electron chi connectivity index (χ4n) is 10.3. The van der Waals surface area contributed by atoms with Crippen LogP contribution in [0, 0.1) is 5.92 Å². The van der Waals surface area contributed by atoms with Gasteiger partial charge in [0.05, 0.1) is 26.4 Å². The summed E-state index contributed by atoms with van der Waals surface area (Å²) in [6.07, 6.45) is 47.8. The molecule has 19 heteroatoms. The summed E-state index contributed by atoms with van der Waals surface area (Å²) in [5.74, 6) is -1.47. The van der Waals surface area contributed by atoms with Gasteiger partial charge in [0, 0.05) is 25.7 Å². The first kappa shape index (κ1) is 85.1. The maximum atomic E-state index is 13.0. The van der Waals surface area contributed by atoms with E-state index in [1.807, 2.05) is 0 Å². The molecule has 5 atom stereocenters. The van der Waals surface area contributed by atoms with Crippen LogP contribution in [0.15, 0.2) is 0 Å². The summed E-state index contributed by atoms with van der Waals surface area (Å²) in [6, 6.07) is 0. The fraction of sp³-hybridized carbons (Fsp3) is 0.941. The topological polar surface area (TPSA) is 237 Å². The van der Waals surface area contributed by atoms with Crippen molar-refractivity contribution in [2.24, 2.45) is 5.92 Å². The van der Waals surface area contributed by atoms with Gasteiger partial charge in [-0.15, -0.1) is 0 Å². The maximum absolute atomic E-state index is 13.0. The molecule has 0 aromatic carbocycles. The Morgan fingerprint density at radius 3 is 0.782 bits per heavy atom. The number of rotatable bonds is 68. The van der Waals surface area contributed by atoms with E-state index in [2.05, 4.69) is 34.6 Å². The first-order chi connectivity index (χ1) is 42.0. The Labute approximate surface area is 530 Å². The molecule has 0 aliphatic rings. The number of phosphoric ester groups is 2. The number of aliphatic hydroxyl groups is 1. The standard InChI is InChI=1S/C68H132O17P2/c1-6-9-12-15-17-19-21-23-25-27-29-31-33-35-37-43-48-53-67(72)84-64(58-79-66(71)52-47-42-36-34-32-30-28-26-24-22-20-18-16-13-10-7-2)60-83-87(76,77)81-56-62(69)55-80-86(74,75)82-59-63(57-78-65(70)51-46-40-14-11-8-3)85-68(73)54-49-44-39-38-41-45-50-61(4)5/h61-64,69H,6-60H2,1-5H3,(H,74,75)(H,76,77)/t62-,63+,64+/m0/s1. The first-order valence-corrected chi connectivity index (χ1v) is 38.6. The quantitative estimate of drug-likeness (QED) is 0.0222. The van der Waals surface area contributed by atoms with Gasteiger partial charge in [-0.3, -0.25) is 37.3 Å². The monoisotopic (exact) mass is 1280 g/mol. The third kappa shape index (κ3) is 62.6. The van der Waals surface area contributed by atoms with Crippen LogP contribution in [0.3, 0.4) is 0 Å². The predicted octanol–water partition coefficient (Wildman–Crippen LogP) is 19.4. The van der Waals surface area contributed by atoms with Gasteiger partial charge in [0.15, 0.2) is 12.2 Å². The van der Waals surface area contributed by atoms with Crippen molar-refractivity contribution in [2.75, 3.05) is 39.6 Å². The molecule has 0 amide bonds. The number of unbranched alkanes of at least 4 members (excludes halogenated alkanes) is 40. The third-order valence-electron chi connectivity index (χ3n) is 15.8. The van der Waals surface area contributed by atoms with Crippen molar-refractivity contribution in [2.45, 2.75) is 368 Å². The van der Waals surface area contributed by atoms with Gasteiger partial charge in [0.2, 0.25) is 0 Å². The largest absolute Gasteiger partial charge is 0.472 e. The lowest BCUT2D eigenvalue weighted by atomic mass is 10.0. The summed E-state index contributed by atoms with van der Waals surface area (Å²) in [4.78, 5) is 72.1. The van der Waals surface area contributed by atoms with Gasteiger partial charge in [0.25, 0.3) is 0 Å². The molecule has 0 heterocycles. The number of phosphoric acid groups is 2. The zero-order chi connectivity index (χ0) is 64.2. The van der Waals surface area contributed by atoms with E-state index in [0.717, 1.165) is 96.3 Å². The summed E-state index contributed by atoms with van der Waals surface area (Å²) < 4.78 is 67.9. The lowest BCUT2D eigenvalue weighted by molar-refractivity contribution is -0.161. The van der Waals surface area contributed by atoms with Crippen molar-refractivity contribution in [3.63, 3.8) is 0 Å². The highest BCUT2D eigenvalue weighted by Gasteiger charge is 2.30. The van der Waals surface area contributed by atoms with E-state index in [1.165, 1.54) is 167 Å². The van der Waals surface area contributed by atoms with E-state index in [1.54, 1.807) is 0 Å². The molecule has 0 aromatic heterocycles. The van der Waals surface area contributed by atoms with Crippen molar-refractivity contribution in [1.29, 1.82) is 0 Å². The van der Waals surface area contributed by atoms with E-state index in [-0.39, 0.29) is 25.7 Å². The van der Waals surface area contributed by atoms with Gasteiger partial charge in [0.1, 0.15) is 19.3 Å². The molecule has 17 nitrogen and oxygen atoms in total. The molecule has 0 radical (unpaired) electrons. The van der Waals surface area contributed by atoms with Crippen molar-refractivity contribution in [1.82, 2.24) is 0 Å². The second-order valence-corrected chi connectivity index (χ2v) is 27.9. The van der Waals surface area contributed by atoms with Crippen LogP contribution >= 0.6 is 15.6 Å². The molecule has 0 aliphatic heterocycles. The predicted molar refractivity (Wildman–Crippen MR) is 349 cm³/mol. The molecular formula is C68H132O17P2. The van der Waals surface area contributed by atoms with Gasteiger partial charge in [-0.25, -0.2) is 9.13 Å². The lowest BCUT2D eigenvalue weighted by Crippen LogP contribution is -2.30. The van der Waals surface area contributed by atoms with E-state index >= 15 is 0 Å². The van der Waals surface area contributed by atoms with Gasteiger partial charge >= 0.3 is 39.5 Å². The van der Waals surface area contributed by atoms with Crippen molar-refractivity contribution < 1.29 is 80.2 Å². The van der Waals surface area contributed by atoms with Gasteiger partial charge in [-0.1, -0.05) is 298 Å². The Morgan fingerprint density at radius 2 is 0.529 bits per heavy atom. The maximum Gasteiger partial charge on any atom is 0.472 e. The Balaban J connectivity index is 5.14. The molecule has 0 aromatic rings. The molecule has 2 unspecified atom stereocenters. The minimum absolute atomic E-state index is 0.101.